The van der Waals surface area contributed by atoms with Gasteiger partial charge in [0.05, 0.1) is 12.5 Å². The van der Waals surface area contributed by atoms with Gasteiger partial charge in [-0.25, -0.2) is 0 Å². The lowest BCUT2D eigenvalue weighted by Crippen LogP contribution is -2.49. The number of nitrogens with one attached hydrogen (secondary N) is 2. The zero-order valence-electron chi connectivity index (χ0n) is 12.7. The Kier molecular flexibility index (Phi) is 7.99. The predicted molar refractivity (Wildman–Crippen MR) is 86.1 cm³/mol. The van der Waals surface area contributed by atoms with E-state index in [1.807, 2.05) is 44.2 Å². The maximum Gasteiger partial charge on any atom is 0.222 e. The van der Waals surface area contributed by atoms with E-state index >= 15 is 0 Å². The second kappa shape index (κ2) is 8.64. The lowest BCUT2D eigenvalue weighted by Gasteiger charge is -2.26. The highest BCUT2D eigenvalue weighted by atomic mass is 35.5. The lowest BCUT2D eigenvalue weighted by molar-refractivity contribution is -0.124. The SMILES string of the molecule is CC(=O)NC(CC(=O)NC(C)(C)CN)c1ccccc1.Cl. The van der Waals surface area contributed by atoms with E-state index in [4.69, 9.17) is 5.73 Å². The summed E-state index contributed by atoms with van der Waals surface area (Å²) in [5.74, 6) is -0.298. The second-order valence-electron chi connectivity index (χ2n) is 5.50. The molecular formula is C15H24ClN3O2. The second-order valence-corrected chi connectivity index (χ2v) is 5.50. The van der Waals surface area contributed by atoms with Gasteiger partial charge in [0.15, 0.2) is 0 Å². The van der Waals surface area contributed by atoms with E-state index in [0.29, 0.717) is 6.54 Å². The van der Waals surface area contributed by atoms with E-state index in [2.05, 4.69) is 10.6 Å². The number of benzene rings is 1. The summed E-state index contributed by atoms with van der Waals surface area (Å²) in [5.41, 5.74) is 6.05. The fourth-order valence-corrected chi connectivity index (χ4v) is 1.85. The minimum atomic E-state index is -0.450. The predicted octanol–water partition coefficient (Wildman–Crippen LogP) is 1.53. The molecule has 5 nitrogen and oxygen atoms in total. The topological polar surface area (TPSA) is 84.2 Å². The summed E-state index contributed by atoms with van der Waals surface area (Å²) in [7, 11) is 0. The quantitative estimate of drug-likeness (QED) is 0.744. The number of hydrogen-bond acceptors (Lipinski definition) is 3. The average molecular weight is 314 g/mol. The molecule has 1 atom stereocenters. The van der Waals surface area contributed by atoms with Gasteiger partial charge in [0.1, 0.15) is 0 Å². The molecule has 2 amide bonds. The number of rotatable bonds is 6. The molecule has 0 aromatic heterocycles. The highest BCUT2D eigenvalue weighted by Gasteiger charge is 2.22. The largest absolute Gasteiger partial charge is 0.350 e. The van der Waals surface area contributed by atoms with Gasteiger partial charge in [-0.2, -0.15) is 0 Å². The molecule has 0 spiro atoms. The summed E-state index contributed by atoms with van der Waals surface area (Å²) in [6.07, 6.45) is 0.188. The van der Waals surface area contributed by atoms with Gasteiger partial charge >= 0.3 is 0 Å². The summed E-state index contributed by atoms with van der Waals surface area (Å²) >= 11 is 0. The standard InChI is InChI=1S/C15H23N3O2.ClH/c1-11(19)17-13(12-7-5-4-6-8-12)9-14(20)18-15(2,3)10-16;/h4-8,13H,9-10,16H2,1-3H3,(H,17,19)(H,18,20);1H. The molecule has 118 valence electrons. The Morgan fingerprint density at radius 1 is 1.24 bits per heavy atom. The van der Waals surface area contributed by atoms with Crippen LogP contribution in [0.2, 0.25) is 0 Å². The van der Waals surface area contributed by atoms with Crippen LogP contribution >= 0.6 is 12.4 Å². The molecule has 1 aromatic carbocycles. The van der Waals surface area contributed by atoms with Crippen LogP contribution in [0.15, 0.2) is 30.3 Å². The van der Waals surface area contributed by atoms with Gasteiger partial charge in [0.25, 0.3) is 0 Å². The smallest absolute Gasteiger partial charge is 0.222 e. The summed E-state index contributed by atoms with van der Waals surface area (Å²) in [4.78, 5) is 23.4. The van der Waals surface area contributed by atoms with Crippen molar-refractivity contribution in [2.45, 2.75) is 38.8 Å². The number of halogens is 1. The van der Waals surface area contributed by atoms with Gasteiger partial charge in [-0.05, 0) is 19.4 Å². The molecule has 1 rings (SSSR count). The summed E-state index contributed by atoms with van der Waals surface area (Å²) in [6, 6.07) is 9.11. The van der Waals surface area contributed by atoms with Gasteiger partial charge in [-0.15, -0.1) is 12.4 Å². The Morgan fingerprint density at radius 2 is 1.81 bits per heavy atom. The van der Waals surface area contributed by atoms with Crippen LogP contribution in [0, 0.1) is 0 Å². The highest BCUT2D eigenvalue weighted by Crippen LogP contribution is 2.17. The zero-order chi connectivity index (χ0) is 15.2. The molecule has 1 unspecified atom stereocenters. The fourth-order valence-electron chi connectivity index (χ4n) is 1.85. The molecule has 0 aliphatic heterocycles. The first-order chi connectivity index (χ1) is 9.34. The van der Waals surface area contributed by atoms with E-state index in [-0.39, 0.29) is 36.7 Å². The Morgan fingerprint density at radius 3 is 2.29 bits per heavy atom. The first kappa shape index (κ1) is 19.4. The van der Waals surface area contributed by atoms with Crippen molar-refractivity contribution in [2.24, 2.45) is 5.73 Å². The first-order valence-corrected chi connectivity index (χ1v) is 6.67. The van der Waals surface area contributed by atoms with Gasteiger partial charge < -0.3 is 16.4 Å². The fraction of sp³-hybridized carbons (Fsp3) is 0.467. The van der Waals surface area contributed by atoms with E-state index in [1.165, 1.54) is 6.92 Å². The van der Waals surface area contributed by atoms with Crippen molar-refractivity contribution in [3.8, 4) is 0 Å². The van der Waals surface area contributed by atoms with Crippen molar-refractivity contribution in [3.63, 3.8) is 0 Å². The Hall–Kier alpha value is -1.59. The number of nitrogens with two attached hydrogens (primary N) is 1. The summed E-state index contributed by atoms with van der Waals surface area (Å²) < 4.78 is 0. The molecule has 0 saturated heterocycles. The van der Waals surface area contributed by atoms with E-state index in [1.54, 1.807) is 0 Å². The van der Waals surface area contributed by atoms with Gasteiger partial charge in [0, 0.05) is 19.0 Å². The van der Waals surface area contributed by atoms with Crippen LogP contribution in [0.5, 0.6) is 0 Å². The molecule has 4 N–H and O–H groups in total. The van der Waals surface area contributed by atoms with Crippen LogP contribution in [-0.2, 0) is 9.59 Å². The number of carbonyl (C=O) groups excluding carboxylic acids is 2. The molecule has 0 aliphatic rings. The molecule has 1 aromatic rings. The molecule has 0 heterocycles. The van der Waals surface area contributed by atoms with Crippen molar-refractivity contribution < 1.29 is 9.59 Å². The van der Waals surface area contributed by atoms with Crippen molar-refractivity contribution in [3.05, 3.63) is 35.9 Å². The van der Waals surface area contributed by atoms with Crippen LogP contribution in [0.1, 0.15) is 38.8 Å². The van der Waals surface area contributed by atoms with Gasteiger partial charge in [-0.3, -0.25) is 9.59 Å². The van der Waals surface area contributed by atoms with E-state index in [9.17, 15) is 9.59 Å². The maximum absolute atomic E-state index is 12.1. The van der Waals surface area contributed by atoms with Crippen molar-refractivity contribution in [2.75, 3.05) is 6.54 Å². The molecule has 0 bridgehead atoms. The minimum Gasteiger partial charge on any atom is -0.350 e. The van der Waals surface area contributed by atoms with Crippen LogP contribution < -0.4 is 16.4 Å². The van der Waals surface area contributed by atoms with E-state index in [0.717, 1.165) is 5.56 Å². The minimum absolute atomic E-state index is 0. The van der Waals surface area contributed by atoms with Crippen molar-refractivity contribution >= 4 is 24.2 Å². The number of hydrogen-bond donors (Lipinski definition) is 3. The molecule has 0 fully saturated rings. The Bertz CT molecular complexity index is 463. The molecule has 0 saturated carbocycles. The number of amides is 2. The third-order valence-electron chi connectivity index (χ3n) is 2.96. The molecule has 6 heteroatoms. The number of carbonyl (C=O) groups is 2. The third-order valence-corrected chi connectivity index (χ3v) is 2.96. The van der Waals surface area contributed by atoms with Crippen LogP contribution in [0.25, 0.3) is 0 Å². The summed E-state index contributed by atoms with van der Waals surface area (Å²) in [6.45, 7) is 5.52. The van der Waals surface area contributed by atoms with Crippen LogP contribution in [-0.4, -0.2) is 23.9 Å². The molecular weight excluding hydrogens is 290 g/mol. The van der Waals surface area contributed by atoms with Crippen LogP contribution in [0.4, 0.5) is 0 Å². The lowest BCUT2D eigenvalue weighted by atomic mass is 10.0. The summed E-state index contributed by atoms with van der Waals surface area (Å²) in [5, 5.41) is 5.66. The normalized spacial score (nSPS) is 12.0. The molecule has 0 radical (unpaired) electrons. The molecule has 0 aliphatic carbocycles. The average Bonchev–Trinajstić information content (AvgIpc) is 2.38. The third kappa shape index (κ3) is 7.11. The van der Waals surface area contributed by atoms with Crippen molar-refractivity contribution in [1.29, 1.82) is 0 Å². The highest BCUT2D eigenvalue weighted by molar-refractivity contribution is 5.85. The van der Waals surface area contributed by atoms with E-state index < -0.39 is 5.54 Å². The monoisotopic (exact) mass is 313 g/mol. The van der Waals surface area contributed by atoms with Gasteiger partial charge in [-0.1, -0.05) is 30.3 Å². The Labute approximate surface area is 132 Å². The molecule has 21 heavy (non-hydrogen) atoms. The maximum atomic E-state index is 12.1. The van der Waals surface area contributed by atoms with Gasteiger partial charge in [0.2, 0.25) is 11.8 Å². The van der Waals surface area contributed by atoms with Crippen molar-refractivity contribution in [1.82, 2.24) is 10.6 Å². The first-order valence-electron chi connectivity index (χ1n) is 6.67. The van der Waals surface area contributed by atoms with Crippen LogP contribution in [0.3, 0.4) is 0 Å². The Balaban J connectivity index is 0.00000400. The zero-order valence-corrected chi connectivity index (χ0v) is 13.5.